The highest BCUT2D eigenvalue weighted by molar-refractivity contribution is 5.91. The van der Waals surface area contributed by atoms with Gasteiger partial charge in [0.1, 0.15) is 12.9 Å². The van der Waals surface area contributed by atoms with Crippen LogP contribution in [-0.4, -0.2) is 54.1 Å². The third kappa shape index (κ3) is 7.49. The van der Waals surface area contributed by atoms with Crippen LogP contribution in [0.3, 0.4) is 0 Å². The zero-order valence-corrected chi connectivity index (χ0v) is 20.8. The number of nitrogens with zero attached hydrogens (tertiary/aromatic N) is 4. The summed E-state index contributed by atoms with van der Waals surface area (Å²) < 4.78 is 1.90. The molecule has 0 spiro atoms. The van der Waals surface area contributed by atoms with E-state index in [1.165, 1.54) is 5.56 Å². The minimum absolute atomic E-state index is 0.402. The van der Waals surface area contributed by atoms with Gasteiger partial charge in [0.05, 0.1) is 11.8 Å². The van der Waals surface area contributed by atoms with Crippen LogP contribution in [0.5, 0.6) is 0 Å². The molecule has 178 valence electrons. The first-order valence-electron chi connectivity index (χ1n) is 11.9. The number of benzene rings is 1. The van der Waals surface area contributed by atoms with E-state index in [9.17, 15) is 0 Å². The van der Waals surface area contributed by atoms with E-state index in [0.717, 1.165) is 49.9 Å². The summed E-state index contributed by atoms with van der Waals surface area (Å²) >= 11 is 0. The molecule has 1 aliphatic rings. The molecule has 2 unspecified atom stereocenters. The first-order valence-corrected chi connectivity index (χ1v) is 11.9. The Labute approximate surface area is 198 Å². The Morgan fingerprint density at radius 3 is 2.55 bits per heavy atom. The van der Waals surface area contributed by atoms with Gasteiger partial charge in [-0.05, 0) is 43.9 Å². The van der Waals surface area contributed by atoms with E-state index < -0.39 is 0 Å². The Kier molecular flexibility index (Phi) is 8.72. The summed E-state index contributed by atoms with van der Waals surface area (Å²) in [5, 5.41) is 6.45. The predicted molar refractivity (Wildman–Crippen MR) is 138 cm³/mol. The maximum absolute atomic E-state index is 6.32. The van der Waals surface area contributed by atoms with Crippen LogP contribution in [0, 0.1) is 18.8 Å². The first kappa shape index (κ1) is 24.6. The van der Waals surface area contributed by atoms with Gasteiger partial charge in [-0.3, -0.25) is 0 Å². The lowest BCUT2D eigenvalue weighted by molar-refractivity contribution is -0.713. The van der Waals surface area contributed by atoms with E-state index in [1.54, 1.807) is 0 Å². The van der Waals surface area contributed by atoms with Gasteiger partial charge in [0.15, 0.2) is 0 Å². The van der Waals surface area contributed by atoms with E-state index in [4.69, 9.17) is 10.7 Å². The topological polar surface area (TPSA) is 76.6 Å². The number of likely N-dealkylation sites (N-methyl/N-ethyl adjacent to an activating group) is 1. The normalized spacial score (nSPS) is 18.0. The number of nitrogens with one attached hydrogen (secondary N) is 2. The lowest BCUT2D eigenvalue weighted by atomic mass is 9.92. The molecule has 0 saturated carbocycles. The van der Waals surface area contributed by atoms with Gasteiger partial charge < -0.3 is 15.5 Å². The quantitative estimate of drug-likeness (QED) is 0.328. The average Bonchev–Trinajstić information content (AvgIpc) is 3.12. The fourth-order valence-corrected chi connectivity index (χ4v) is 3.87. The van der Waals surface area contributed by atoms with E-state index in [0.29, 0.717) is 17.8 Å². The monoisotopic (exact) mass is 450 g/mol. The van der Waals surface area contributed by atoms with Crippen molar-refractivity contribution in [2.75, 3.05) is 38.5 Å². The van der Waals surface area contributed by atoms with Crippen LogP contribution in [0.2, 0.25) is 0 Å². The molecule has 7 nitrogen and oxygen atoms in total. The fourth-order valence-electron chi connectivity index (χ4n) is 3.87. The van der Waals surface area contributed by atoms with Gasteiger partial charge in [-0.2, -0.15) is 9.67 Å². The number of piperazine rings is 1. The maximum Gasteiger partial charge on any atom is 0.302 e. The lowest BCUT2D eigenvalue weighted by Crippen LogP contribution is -2.44. The summed E-state index contributed by atoms with van der Waals surface area (Å²) in [6.45, 7) is 10.5. The molecule has 1 aliphatic heterocycles. The molecule has 1 saturated heterocycles. The first-order chi connectivity index (χ1) is 15.8. The minimum Gasteiger partial charge on any atom is -0.354 e. The van der Waals surface area contributed by atoms with Crippen LogP contribution in [0.25, 0.3) is 6.08 Å². The summed E-state index contributed by atoms with van der Waals surface area (Å²) in [6, 6.07) is 12.5. The van der Waals surface area contributed by atoms with Crippen LogP contribution < -0.4 is 15.7 Å². The number of nitrogens with two attached hydrogens (primary N) is 1. The highest BCUT2D eigenvalue weighted by atomic mass is 15.3. The molecule has 0 aliphatic carbocycles. The third-order valence-corrected chi connectivity index (χ3v) is 6.34. The lowest BCUT2D eigenvalue weighted by Gasteiger charge is -2.34. The number of aromatic nitrogens is 2. The zero-order valence-electron chi connectivity index (χ0n) is 20.8. The Morgan fingerprint density at radius 2 is 1.91 bits per heavy atom. The van der Waals surface area contributed by atoms with Crippen molar-refractivity contribution >= 4 is 17.9 Å². The Bertz CT molecular complexity index is 966. The molecule has 1 aromatic heterocycles. The van der Waals surface area contributed by atoms with Gasteiger partial charge in [0.25, 0.3) is 5.96 Å². The Morgan fingerprint density at radius 1 is 1.21 bits per heavy atom. The number of aromatic amines is 1. The van der Waals surface area contributed by atoms with Gasteiger partial charge in [0.2, 0.25) is 0 Å². The summed E-state index contributed by atoms with van der Waals surface area (Å²) in [4.78, 5) is 9.49. The molecule has 33 heavy (non-hydrogen) atoms. The second kappa shape index (κ2) is 11.7. The summed E-state index contributed by atoms with van der Waals surface area (Å²) in [7, 11) is 4.11. The standard InChI is InChI=1S/C26H39N7/c1-20(11-13-23-9-7-6-8-10-23)21(2)12-14-24(33-17-15-31(4)16-18-33)28-26(27)29-25-19-22(3)30-32(25)5/h6-11,13-14,19-21H,12,15-18H2,1-5H3,(H3,27,28,29,30)/p+1. The van der Waals surface area contributed by atoms with Gasteiger partial charge in [-0.15, -0.1) is 0 Å². The number of aliphatic imine (C=N–C) groups is 1. The van der Waals surface area contributed by atoms with Gasteiger partial charge in [-0.1, -0.05) is 56.3 Å². The van der Waals surface area contributed by atoms with Crippen molar-refractivity contribution in [1.29, 1.82) is 0 Å². The van der Waals surface area contributed by atoms with Crippen LogP contribution in [-0.2, 0) is 7.05 Å². The van der Waals surface area contributed by atoms with Crippen LogP contribution in [0.15, 0.2) is 59.4 Å². The van der Waals surface area contributed by atoms with Gasteiger partial charge in [-0.25, -0.2) is 10.4 Å². The molecule has 1 aromatic carbocycles. The van der Waals surface area contributed by atoms with Crippen molar-refractivity contribution in [2.45, 2.75) is 27.2 Å². The van der Waals surface area contributed by atoms with Crippen LogP contribution in [0.4, 0.5) is 5.82 Å². The van der Waals surface area contributed by atoms with Crippen molar-refractivity contribution in [2.24, 2.45) is 29.6 Å². The second-order valence-electron chi connectivity index (χ2n) is 9.20. The van der Waals surface area contributed by atoms with Gasteiger partial charge >= 0.3 is 5.82 Å². The van der Waals surface area contributed by atoms with Crippen molar-refractivity contribution in [3.63, 3.8) is 0 Å². The average molecular weight is 451 g/mol. The van der Waals surface area contributed by atoms with E-state index in [2.05, 4.69) is 83.6 Å². The summed E-state index contributed by atoms with van der Waals surface area (Å²) in [6.07, 6.45) is 7.71. The number of rotatable bonds is 8. The van der Waals surface area contributed by atoms with Crippen LogP contribution >= 0.6 is 0 Å². The SMILES string of the molecule is Cc1cc(NC(N)=NC(=CCC(C)C(C)C=Cc2ccccc2)N2CCN(C)CC2)[n+](C)[nH]1. The number of hydrogen-bond acceptors (Lipinski definition) is 3. The molecular weight excluding hydrogens is 410 g/mol. The largest absolute Gasteiger partial charge is 0.354 e. The number of H-pyrrole nitrogens is 1. The molecule has 7 heteroatoms. The molecular formula is C26H40N7+. The minimum atomic E-state index is 0.402. The highest BCUT2D eigenvalue weighted by Crippen LogP contribution is 2.21. The Hall–Kier alpha value is -3.06. The summed E-state index contributed by atoms with van der Waals surface area (Å²) in [5.74, 6) is 3.19. The van der Waals surface area contributed by atoms with E-state index >= 15 is 0 Å². The van der Waals surface area contributed by atoms with Crippen LogP contribution in [0.1, 0.15) is 31.5 Å². The Balaban J connectivity index is 1.71. The predicted octanol–water partition coefficient (Wildman–Crippen LogP) is 3.34. The smallest absolute Gasteiger partial charge is 0.302 e. The molecule has 0 radical (unpaired) electrons. The maximum atomic E-state index is 6.32. The van der Waals surface area contributed by atoms with Crippen molar-refractivity contribution in [3.05, 3.63) is 65.6 Å². The highest BCUT2D eigenvalue weighted by Gasteiger charge is 2.19. The van der Waals surface area contributed by atoms with E-state index in [-0.39, 0.29) is 0 Å². The van der Waals surface area contributed by atoms with Crippen molar-refractivity contribution < 1.29 is 4.68 Å². The van der Waals surface area contributed by atoms with Crippen molar-refractivity contribution in [3.8, 4) is 0 Å². The third-order valence-electron chi connectivity index (χ3n) is 6.34. The molecule has 2 atom stereocenters. The molecule has 0 bridgehead atoms. The number of anilines is 1. The fraction of sp³-hybridized carbons (Fsp3) is 0.462. The zero-order chi connectivity index (χ0) is 23.8. The molecule has 1 fully saturated rings. The summed E-state index contributed by atoms with van der Waals surface area (Å²) in [5.41, 5.74) is 8.62. The number of hydrogen-bond donors (Lipinski definition) is 3. The molecule has 0 amide bonds. The number of allylic oxidation sites excluding steroid dienone is 2. The van der Waals surface area contributed by atoms with Gasteiger partial charge in [0, 0.05) is 26.2 Å². The number of guanidine groups is 1. The second-order valence-corrected chi connectivity index (χ2v) is 9.20. The number of aryl methyl sites for hydroxylation is 2. The molecule has 4 N–H and O–H groups in total. The molecule has 2 aromatic rings. The molecule has 3 rings (SSSR count). The van der Waals surface area contributed by atoms with Crippen molar-refractivity contribution in [1.82, 2.24) is 14.9 Å². The van der Waals surface area contributed by atoms with E-state index in [1.807, 2.05) is 30.8 Å². The molecule has 2 heterocycles.